The Morgan fingerprint density at radius 3 is 2.48 bits per heavy atom. The third-order valence-electron chi connectivity index (χ3n) is 3.62. The molecule has 1 aliphatic rings. The molecule has 4 nitrogen and oxygen atoms in total. The summed E-state index contributed by atoms with van der Waals surface area (Å²) in [6.07, 6.45) is 1.65. The van der Waals surface area contributed by atoms with Crippen LogP contribution in [0.25, 0.3) is 0 Å². The molecule has 0 spiro atoms. The highest BCUT2D eigenvalue weighted by atomic mass is 19.1. The predicted molar refractivity (Wildman–Crippen MR) is 76.1 cm³/mol. The molecule has 2 rings (SSSR count). The number of halogens is 1. The quantitative estimate of drug-likeness (QED) is 0.907. The van der Waals surface area contributed by atoms with E-state index in [-0.39, 0.29) is 17.2 Å². The number of carbonyl (C=O) groups is 2. The number of aliphatic hydroxyl groups excluding tert-OH is 1. The topological polar surface area (TPSA) is 57.6 Å². The Hall–Kier alpha value is -2.17. The van der Waals surface area contributed by atoms with Crippen LogP contribution in [0.5, 0.6) is 0 Å². The van der Waals surface area contributed by atoms with Gasteiger partial charge in [-0.15, -0.1) is 0 Å². The normalized spacial score (nSPS) is 18.5. The minimum atomic E-state index is -0.637. The number of benzene rings is 1. The van der Waals surface area contributed by atoms with Crippen molar-refractivity contribution < 1.29 is 19.1 Å². The highest BCUT2D eigenvalue weighted by molar-refractivity contribution is 6.08. The zero-order chi connectivity index (χ0) is 15.6. The minimum absolute atomic E-state index is 0.0858. The van der Waals surface area contributed by atoms with Crippen LogP contribution in [-0.2, 0) is 9.59 Å². The molecule has 0 unspecified atom stereocenters. The van der Waals surface area contributed by atoms with Gasteiger partial charge in [0.05, 0.1) is 11.6 Å². The zero-order valence-electron chi connectivity index (χ0n) is 12.1. The van der Waals surface area contributed by atoms with Crippen LogP contribution >= 0.6 is 0 Å². The van der Waals surface area contributed by atoms with Gasteiger partial charge in [0.15, 0.2) is 11.5 Å². The molecule has 1 atom stereocenters. The van der Waals surface area contributed by atoms with E-state index in [0.29, 0.717) is 12.1 Å². The van der Waals surface area contributed by atoms with E-state index in [1.165, 1.54) is 36.1 Å². The smallest absolute Gasteiger partial charge is 0.290 e. The number of aliphatic hydroxyl groups is 1. The molecule has 0 aliphatic carbocycles. The summed E-state index contributed by atoms with van der Waals surface area (Å²) >= 11 is 0. The molecule has 5 heteroatoms. The van der Waals surface area contributed by atoms with Crippen molar-refractivity contribution in [2.24, 2.45) is 0 Å². The van der Waals surface area contributed by atoms with E-state index < -0.39 is 17.7 Å². The van der Waals surface area contributed by atoms with Gasteiger partial charge in [0.1, 0.15) is 5.82 Å². The van der Waals surface area contributed by atoms with E-state index in [9.17, 15) is 19.1 Å². The molecular weight excluding hydrogens is 273 g/mol. The molecule has 1 aromatic carbocycles. The van der Waals surface area contributed by atoms with Crippen LogP contribution in [-0.4, -0.2) is 28.2 Å². The van der Waals surface area contributed by atoms with Crippen molar-refractivity contribution >= 4 is 11.7 Å². The molecular formula is C16H18FNO3. The lowest BCUT2D eigenvalue weighted by molar-refractivity contribution is -0.129. The molecule has 0 saturated heterocycles. The molecule has 0 bridgehead atoms. The summed E-state index contributed by atoms with van der Waals surface area (Å²) in [4.78, 5) is 25.4. The van der Waals surface area contributed by atoms with Gasteiger partial charge in [-0.2, -0.15) is 0 Å². The first-order valence-corrected chi connectivity index (χ1v) is 6.97. The highest BCUT2D eigenvalue weighted by Crippen LogP contribution is 2.37. The maximum absolute atomic E-state index is 13.1. The largest absolute Gasteiger partial charge is 0.503 e. The molecule has 0 fully saturated rings. The van der Waals surface area contributed by atoms with Gasteiger partial charge in [-0.05, 0) is 31.0 Å². The fourth-order valence-electron chi connectivity index (χ4n) is 2.56. The third-order valence-corrected chi connectivity index (χ3v) is 3.62. The van der Waals surface area contributed by atoms with Crippen molar-refractivity contribution in [3.8, 4) is 0 Å². The number of hydrogen-bond donors (Lipinski definition) is 1. The van der Waals surface area contributed by atoms with Gasteiger partial charge in [-0.3, -0.25) is 9.59 Å². The summed E-state index contributed by atoms with van der Waals surface area (Å²) in [5, 5.41) is 9.98. The molecule has 0 saturated carbocycles. The SMILES string of the molecule is CCCCN1C(=O)C(O)=C(C(C)=O)[C@@H]1c1ccc(F)cc1. The van der Waals surface area contributed by atoms with Crippen LogP contribution < -0.4 is 0 Å². The average molecular weight is 291 g/mol. The summed E-state index contributed by atoms with van der Waals surface area (Å²) in [5.74, 6) is -1.77. The highest BCUT2D eigenvalue weighted by Gasteiger charge is 2.41. The van der Waals surface area contributed by atoms with E-state index in [1.54, 1.807) is 0 Å². The summed E-state index contributed by atoms with van der Waals surface area (Å²) in [6.45, 7) is 3.75. The molecule has 112 valence electrons. The van der Waals surface area contributed by atoms with Crippen LogP contribution in [0, 0.1) is 5.82 Å². The molecule has 0 radical (unpaired) electrons. The van der Waals surface area contributed by atoms with Crippen molar-refractivity contribution in [3.05, 3.63) is 47.0 Å². The maximum atomic E-state index is 13.1. The van der Waals surface area contributed by atoms with Gasteiger partial charge in [0, 0.05) is 6.54 Å². The Morgan fingerprint density at radius 2 is 1.95 bits per heavy atom. The number of unbranched alkanes of at least 4 members (excludes halogenated alkanes) is 1. The van der Waals surface area contributed by atoms with Crippen LogP contribution in [0.15, 0.2) is 35.6 Å². The number of hydrogen-bond acceptors (Lipinski definition) is 3. The van der Waals surface area contributed by atoms with E-state index in [2.05, 4.69) is 0 Å². The maximum Gasteiger partial charge on any atom is 0.290 e. The standard InChI is InChI=1S/C16H18FNO3/c1-3-4-9-18-14(11-5-7-12(17)8-6-11)13(10(2)19)15(20)16(18)21/h5-8,14,20H,3-4,9H2,1-2H3/t14-/m0/s1. The van der Waals surface area contributed by atoms with E-state index in [0.717, 1.165) is 12.8 Å². The zero-order valence-corrected chi connectivity index (χ0v) is 12.1. The van der Waals surface area contributed by atoms with Gasteiger partial charge in [-0.25, -0.2) is 4.39 Å². The fraction of sp³-hybridized carbons (Fsp3) is 0.375. The van der Waals surface area contributed by atoms with Gasteiger partial charge in [-0.1, -0.05) is 25.5 Å². The molecule has 1 aliphatic heterocycles. The van der Waals surface area contributed by atoms with Gasteiger partial charge >= 0.3 is 0 Å². The molecule has 1 N–H and O–H groups in total. The first kappa shape index (κ1) is 15.2. The fourth-order valence-corrected chi connectivity index (χ4v) is 2.56. The molecule has 1 aromatic rings. The summed E-state index contributed by atoms with van der Waals surface area (Å²) < 4.78 is 13.1. The summed E-state index contributed by atoms with van der Waals surface area (Å²) in [7, 11) is 0. The Morgan fingerprint density at radius 1 is 1.33 bits per heavy atom. The summed E-state index contributed by atoms with van der Waals surface area (Å²) in [6, 6.07) is 5.00. The Labute approximate surface area is 122 Å². The third kappa shape index (κ3) is 2.82. The number of carbonyl (C=O) groups excluding carboxylic acids is 2. The molecule has 21 heavy (non-hydrogen) atoms. The number of nitrogens with zero attached hydrogens (tertiary/aromatic N) is 1. The predicted octanol–water partition coefficient (Wildman–Crippen LogP) is 2.91. The Bertz CT molecular complexity index is 592. The molecule has 1 amide bonds. The lowest BCUT2D eigenvalue weighted by atomic mass is 9.96. The van der Waals surface area contributed by atoms with Gasteiger partial charge in [0.25, 0.3) is 5.91 Å². The van der Waals surface area contributed by atoms with Crippen LogP contribution in [0.3, 0.4) is 0 Å². The minimum Gasteiger partial charge on any atom is -0.503 e. The second kappa shape index (κ2) is 6.08. The second-order valence-electron chi connectivity index (χ2n) is 5.12. The molecule has 0 aromatic heterocycles. The lowest BCUT2D eigenvalue weighted by Crippen LogP contribution is -2.31. The van der Waals surface area contributed by atoms with E-state index >= 15 is 0 Å². The number of Topliss-reactive ketones (excluding diaryl/α,β-unsaturated/α-hetero) is 1. The van der Waals surface area contributed by atoms with Crippen LogP contribution in [0.2, 0.25) is 0 Å². The average Bonchev–Trinajstić information content (AvgIpc) is 2.70. The lowest BCUT2D eigenvalue weighted by Gasteiger charge is -2.26. The number of rotatable bonds is 5. The number of ketones is 1. The number of amides is 1. The Kier molecular flexibility index (Phi) is 4.40. The monoisotopic (exact) mass is 291 g/mol. The van der Waals surface area contributed by atoms with Crippen LogP contribution in [0.1, 0.15) is 38.3 Å². The first-order valence-electron chi connectivity index (χ1n) is 6.97. The van der Waals surface area contributed by atoms with Crippen LogP contribution in [0.4, 0.5) is 4.39 Å². The first-order chi connectivity index (χ1) is 9.97. The van der Waals surface area contributed by atoms with E-state index in [4.69, 9.17) is 0 Å². The van der Waals surface area contributed by atoms with Gasteiger partial charge < -0.3 is 10.0 Å². The summed E-state index contributed by atoms with van der Waals surface area (Å²) in [5.41, 5.74) is 0.706. The van der Waals surface area contributed by atoms with Crippen molar-refractivity contribution in [1.29, 1.82) is 0 Å². The Balaban J connectivity index is 2.46. The van der Waals surface area contributed by atoms with E-state index in [1.807, 2.05) is 6.92 Å². The van der Waals surface area contributed by atoms with Crippen molar-refractivity contribution in [2.45, 2.75) is 32.7 Å². The van der Waals surface area contributed by atoms with Crippen molar-refractivity contribution in [3.63, 3.8) is 0 Å². The van der Waals surface area contributed by atoms with Crippen molar-refractivity contribution in [1.82, 2.24) is 4.90 Å². The van der Waals surface area contributed by atoms with Crippen molar-refractivity contribution in [2.75, 3.05) is 6.54 Å². The molecule has 1 heterocycles. The second-order valence-corrected chi connectivity index (χ2v) is 5.12. The van der Waals surface area contributed by atoms with Gasteiger partial charge in [0.2, 0.25) is 0 Å².